The zero-order valence-electron chi connectivity index (χ0n) is 12.8. The average molecular weight is 321 g/mol. The van der Waals surface area contributed by atoms with E-state index in [0.717, 1.165) is 0 Å². The number of sulfone groups is 1. The molecule has 0 saturated carbocycles. The van der Waals surface area contributed by atoms with Gasteiger partial charge in [0.15, 0.2) is 9.84 Å². The van der Waals surface area contributed by atoms with E-state index < -0.39 is 39.5 Å². The molecule has 1 amide bonds. The molecule has 1 saturated heterocycles. The van der Waals surface area contributed by atoms with E-state index in [2.05, 4.69) is 10.1 Å². The number of rotatable bonds is 3. The molecule has 0 aromatic heterocycles. The van der Waals surface area contributed by atoms with Gasteiger partial charge >= 0.3 is 12.1 Å². The molecule has 1 heterocycles. The van der Waals surface area contributed by atoms with Crippen LogP contribution >= 0.6 is 0 Å². The van der Waals surface area contributed by atoms with E-state index >= 15 is 0 Å². The average Bonchev–Trinajstić information content (AvgIpc) is 2.29. The summed E-state index contributed by atoms with van der Waals surface area (Å²) >= 11 is 0. The van der Waals surface area contributed by atoms with Crippen molar-refractivity contribution >= 4 is 21.9 Å². The molecule has 21 heavy (non-hydrogen) atoms. The molecule has 0 aromatic carbocycles. The summed E-state index contributed by atoms with van der Waals surface area (Å²) in [6.45, 7) is 5.22. The zero-order valence-corrected chi connectivity index (χ0v) is 13.7. The van der Waals surface area contributed by atoms with Crippen molar-refractivity contribution < 1.29 is 27.5 Å². The number of methoxy groups -OCH3 is 1. The minimum Gasteiger partial charge on any atom is -0.469 e. The SMILES string of the molecule is COC(=O)C[C@@H]1CS(=O)(=O)CC[C@H]1NC(=O)OC(C)(C)C. The number of carbonyl (C=O) groups is 2. The van der Waals surface area contributed by atoms with Crippen LogP contribution in [0.3, 0.4) is 0 Å². The Hall–Kier alpha value is -1.31. The Kier molecular flexibility index (Phi) is 5.61. The fourth-order valence-electron chi connectivity index (χ4n) is 2.22. The Morgan fingerprint density at radius 1 is 1.29 bits per heavy atom. The van der Waals surface area contributed by atoms with Crippen molar-refractivity contribution in [2.24, 2.45) is 5.92 Å². The highest BCUT2D eigenvalue weighted by Crippen LogP contribution is 2.23. The fraction of sp³-hybridized carbons (Fsp3) is 0.846. The summed E-state index contributed by atoms with van der Waals surface area (Å²) in [6.07, 6.45) is -0.388. The molecule has 0 radical (unpaired) electrons. The van der Waals surface area contributed by atoms with Crippen molar-refractivity contribution in [3.8, 4) is 0 Å². The van der Waals surface area contributed by atoms with Gasteiger partial charge in [0.2, 0.25) is 0 Å². The predicted octanol–water partition coefficient (Wildman–Crippen LogP) is 0.877. The molecule has 0 aliphatic carbocycles. The Labute approximate surface area is 125 Å². The summed E-state index contributed by atoms with van der Waals surface area (Å²) in [5, 5.41) is 2.66. The summed E-state index contributed by atoms with van der Waals surface area (Å²) in [5.74, 6) is -1.13. The van der Waals surface area contributed by atoms with Gasteiger partial charge in [-0.3, -0.25) is 4.79 Å². The van der Waals surface area contributed by atoms with Crippen molar-refractivity contribution in [1.29, 1.82) is 0 Å². The van der Waals surface area contributed by atoms with Gasteiger partial charge in [0.1, 0.15) is 5.60 Å². The first-order valence-electron chi connectivity index (χ1n) is 6.79. The number of carbonyl (C=O) groups excluding carboxylic acids is 2. The van der Waals surface area contributed by atoms with E-state index in [4.69, 9.17) is 4.74 Å². The number of hydrogen-bond donors (Lipinski definition) is 1. The number of esters is 1. The molecule has 0 unspecified atom stereocenters. The van der Waals surface area contributed by atoms with Crippen LogP contribution in [0.25, 0.3) is 0 Å². The summed E-state index contributed by atoms with van der Waals surface area (Å²) in [4.78, 5) is 23.2. The third kappa shape index (κ3) is 6.33. The number of alkyl carbamates (subject to hydrolysis) is 1. The highest BCUT2D eigenvalue weighted by atomic mass is 32.2. The van der Waals surface area contributed by atoms with E-state index in [-0.39, 0.29) is 24.3 Å². The molecule has 1 rings (SSSR count). The Balaban J connectivity index is 2.73. The molecule has 1 aliphatic heterocycles. The van der Waals surface area contributed by atoms with Crippen molar-refractivity contribution in [3.63, 3.8) is 0 Å². The van der Waals surface area contributed by atoms with E-state index in [1.165, 1.54) is 7.11 Å². The number of ether oxygens (including phenoxy) is 2. The molecule has 1 fully saturated rings. The molecule has 0 spiro atoms. The van der Waals surface area contributed by atoms with Gasteiger partial charge in [-0.05, 0) is 27.2 Å². The Morgan fingerprint density at radius 3 is 2.43 bits per heavy atom. The van der Waals surface area contributed by atoms with E-state index in [9.17, 15) is 18.0 Å². The second kappa shape index (κ2) is 6.64. The van der Waals surface area contributed by atoms with Crippen molar-refractivity contribution in [3.05, 3.63) is 0 Å². The van der Waals surface area contributed by atoms with Crippen LogP contribution in [0.15, 0.2) is 0 Å². The van der Waals surface area contributed by atoms with Gasteiger partial charge < -0.3 is 14.8 Å². The quantitative estimate of drug-likeness (QED) is 0.775. The summed E-state index contributed by atoms with van der Waals surface area (Å²) < 4.78 is 33.1. The highest BCUT2D eigenvalue weighted by molar-refractivity contribution is 7.91. The molecular weight excluding hydrogens is 298 g/mol. The van der Waals surface area contributed by atoms with Crippen molar-refractivity contribution in [2.75, 3.05) is 18.6 Å². The first-order valence-corrected chi connectivity index (χ1v) is 8.61. The monoisotopic (exact) mass is 321 g/mol. The summed E-state index contributed by atoms with van der Waals surface area (Å²) in [5.41, 5.74) is -0.636. The second-order valence-electron chi connectivity index (χ2n) is 6.20. The number of nitrogens with one attached hydrogen (secondary N) is 1. The maximum Gasteiger partial charge on any atom is 0.407 e. The minimum absolute atomic E-state index is 0.00879. The smallest absolute Gasteiger partial charge is 0.407 e. The molecule has 7 nitrogen and oxygen atoms in total. The maximum absolute atomic E-state index is 11.8. The molecule has 1 aliphatic rings. The molecule has 122 valence electrons. The standard InChI is InChI=1S/C13H23NO6S/c1-13(2,3)20-12(16)14-10-5-6-21(17,18)8-9(10)7-11(15)19-4/h9-10H,5-8H2,1-4H3,(H,14,16)/t9-,10-/m1/s1. The normalized spacial score (nSPS) is 25.0. The third-order valence-corrected chi connectivity index (χ3v) is 4.93. The Bertz CT molecular complexity index is 493. The molecule has 0 bridgehead atoms. The van der Waals surface area contributed by atoms with Crippen LogP contribution in [0.4, 0.5) is 4.79 Å². The van der Waals surface area contributed by atoms with Crippen LogP contribution in [-0.2, 0) is 24.1 Å². The lowest BCUT2D eigenvalue weighted by Crippen LogP contribution is -2.49. The summed E-state index contributed by atoms with van der Waals surface area (Å²) in [7, 11) is -1.94. The van der Waals surface area contributed by atoms with Gasteiger partial charge in [0, 0.05) is 12.0 Å². The lowest BCUT2D eigenvalue weighted by molar-refractivity contribution is -0.141. The summed E-state index contributed by atoms with van der Waals surface area (Å²) in [6, 6.07) is -0.414. The zero-order chi connectivity index (χ0) is 16.3. The van der Waals surface area contributed by atoms with Crippen molar-refractivity contribution in [1.82, 2.24) is 5.32 Å². The largest absolute Gasteiger partial charge is 0.469 e. The maximum atomic E-state index is 11.8. The topological polar surface area (TPSA) is 98.8 Å². The van der Waals surface area contributed by atoms with Crippen LogP contribution in [-0.4, -0.2) is 50.7 Å². The Morgan fingerprint density at radius 2 is 1.90 bits per heavy atom. The third-order valence-electron chi connectivity index (χ3n) is 3.14. The van der Waals surface area contributed by atoms with Crippen molar-refractivity contribution in [2.45, 2.75) is 45.3 Å². The highest BCUT2D eigenvalue weighted by Gasteiger charge is 2.36. The predicted molar refractivity (Wildman–Crippen MR) is 76.6 cm³/mol. The number of hydrogen-bond acceptors (Lipinski definition) is 6. The van der Waals surface area contributed by atoms with E-state index in [0.29, 0.717) is 0 Å². The number of amides is 1. The lowest BCUT2D eigenvalue weighted by atomic mass is 9.95. The van der Waals surface area contributed by atoms with Crippen LogP contribution in [0.1, 0.15) is 33.6 Å². The second-order valence-corrected chi connectivity index (χ2v) is 8.42. The molecular formula is C13H23NO6S. The first kappa shape index (κ1) is 17.7. The first-order chi connectivity index (χ1) is 9.52. The van der Waals surface area contributed by atoms with Crippen LogP contribution in [0.5, 0.6) is 0 Å². The van der Waals surface area contributed by atoms with E-state index in [1.807, 2.05) is 0 Å². The van der Waals surface area contributed by atoms with Crippen LogP contribution < -0.4 is 5.32 Å². The minimum atomic E-state index is -3.19. The molecule has 8 heteroatoms. The van der Waals surface area contributed by atoms with Gasteiger partial charge in [0.25, 0.3) is 0 Å². The van der Waals surface area contributed by atoms with Gasteiger partial charge in [-0.15, -0.1) is 0 Å². The van der Waals surface area contributed by atoms with Gasteiger partial charge in [0.05, 0.1) is 25.0 Å². The lowest BCUT2D eigenvalue weighted by Gasteiger charge is -2.32. The van der Waals surface area contributed by atoms with Gasteiger partial charge in [-0.25, -0.2) is 13.2 Å². The van der Waals surface area contributed by atoms with Gasteiger partial charge in [-0.1, -0.05) is 0 Å². The van der Waals surface area contributed by atoms with E-state index in [1.54, 1.807) is 20.8 Å². The van der Waals surface area contributed by atoms with Crippen LogP contribution in [0, 0.1) is 5.92 Å². The van der Waals surface area contributed by atoms with Gasteiger partial charge in [-0.2, -0.15) is 0 Å². The fourth-order valence-corrected chi connectivity index (χ4v) is 4.00. The molecule has 2 atom stereocenters. The molecule has 0 aromatic rings. The van der Waals surface area contributed by atoms with Crippen LogP contribution in [0.2, 0.25) is 0 Å². The molecule has 1 N–H and O–H groups in total.